The van der Waals surface area contributed by atoms with Crippen molar-refractivity contribution in [2.75, 3.05) is 19.3 Å². The SMILES string of the molecule is COC(=O)c1cccc(C#Cc2cccc(C(=O)N(OC)c3ccccc3C)c2)c1Br. The van der Waals surface area contributed by atoms with Gasteiger partial charge in [-0.3, -0.25) is 9.63 Å². The summed E-state index contributed by atoms with van der Waals surface area (Å²) in [7, 11) is 2.79. The number of halogens is 1. The number of hydrogen-bond donors (Lipinski definition) is 0. The van der Waals surface area contributed by atoms with Gasteiger partial charge in [-0.25, -0.2) is 4.79 Å². The van der Waals surface area contributed by atoms with E-state index < -0.39 is 5.97 Å². The maximum Gasteiger partial charge on any atom is 0.339 e. The number of benzene rings is 3. The van der Waals surface area contributed by atoms with Gasteiger partial charge in [0.2, 0.25) is 0 Å². The molecule has 0 heterocycles. The maximum absolute atomic E-state index is 13.1. The molecule has 156 valence electrons. The fourth-order valence-electron chi connectivity index (χ4n) is 2.96. The minimum atomic E-state index is -0.445. The first-order valence-electron chi connectivity index (χ1n) is 9.39. The number of hydroxylamine groups is 1. The molecule has 3 aromatic rings. The minimum Gasteiger partial charge on any atom is -0.465 e. The van der Waals surface area contributed by atoms with E-state index in [0.717, 1.165) is 5.56 Å². The van der Waals surface area contributed by atoms with Crippen molar-refractivity contribution in [1.29, 1.82) is 0 Å². The smallest absolute Gasteiger partial charge is 0.339 e. The van der Waals surface area contributed by atoms with Crippen LogP contribution in [0.4, 0.5) is 5.69 Å². The molecule has 6 heteroatoms. The third-order valence-corrected chi connectivity index (χ3v) is 5.41. The van der Waals surface area contributed by atoms with E-state index in [9.17, 15) is 9.59 Å². The Morgan fingerprint density at radius 2 is 1.68 bits per heavy atom. The van der Waals surface area contributed by atoms with Gasteiger partial charge in [-0.1, -0.05) is 42.2 Å². The molecule has 0 saturated carbocycles. The van der Waals surface area contributed by atoms with Crippen LogP contribution in [0.3, 0.4) is 0 Å². The van der Waals surface area contributed by atoms with Gasteiger partial charge in [-0.2, -0.15) is 5.06 Å². The van der Waals surface area contributed by atoms with Crippen LogP contribution in [-0.2, 0) is 9.57 Å². The van der Waals surface area contributed by atoms with E-state index in [4.69, 9.17) is 9.57 Å². The second-order valence-corrected chi connectivity index (χ2v) is 7.35. The van der Waals surface area contributed by atoms with Crippen molar-refractivity contribution < 1.29 is 19.2 Å². The van der Waals surface area contributed by atoms with Crippen molar-refractivity contribution in [2.24, 2.45) is 0 Å². The predicted octanol–water partition coefficient (Wildman–Crippen LogP) is 5.15. The number of carbonyl (C=O) groups excluding carboxylic acids is 2. The summed E-state index contributed by atoms with van der Waals surface area (Å²) in [5, 5.41) is 1.26. The number of para-hydroxylation sites is 1. The van der Waals surface area contributed by atoms with Gasteiger partial charge < -0.3 is 4.74 Å². The van der Waals surface area contributed by atoms with Crippen LogP contribution < -0.4 is 5.06 Å². The lowest BCUT2D eigenvalue weighted by atomic mass is 10.1. The summed E-state index contributed by atoms with van der Waals surface area (Å²) in [5.74, 6) is 5.34. The Morgan fingerprint density at radius 3 is 2.39 bits per heavy atom. The Hall–Kier alpha value is -3.40. The molecule has 3 rings (SSSR count). The van der Waals surface area contributed by atoms with Crippen molar-refractivity contribution in [2.45, 2.75) is 6.92 Å². The first kappa shape index (κ1) is 22.3. The second-order valence-electron chi connectivity index (χ2n) is 6.56. The zero-order chi connectivity index (χ0) is 22.4. The first-order valence-corrected chi connectivity index (χ1v) is 10.2. The summed E-state index contributed by atoms with van der Waals surface area (Å²) in [5.41, 5.74) is 3.73. The summed E-state index contributed by atoms with van der Waals surface area (Å²) in [4.78, 5) is 30.3. The fourth-order valence-corrected chi connectivity index (χ4v) is 3.49. The molecule has 0 aliphatic carbocycles. The molecule has 0 N–H and O–H groups in total. The number of ether oxygens (including phenoxy) is 1. The van der Waals surface area contributed by atoms with Crippen LogP contribution in [-0.4, -0.2) is 26.1 Å². The number of rotatable bonds is 4. The van der Waals surface area contributed by atoms with Crippen LogP contribution in [0.1, 0.15) is 37.4 Å². The molecule has 0 aromatic heterocycles. The molecular formula is C25H20BrNO4. The monoisotopic (exact) mass is 477 g/mol. The molecule has 0 saturated heterocycles. The number of aryl methyl sites for hydroxylation is 1. The Labute approximate surface area is 189 Å². The van der Waals surface area contributed by atoms with Crippen LogP contribution in [0, 0.1) is 18.8 Å². The predicted molar refractivity (Wildman–Crippen MR) is 123 cm³/mol. The van der Waals surface area contributed by atoms with Crippen molar-refractivity contribution in [3.05, 3.63) is 99.0 Å². The van der Waals surface area contributed by atoms with E-state index in [1.54, 1.807) is 36.4 Å². The third-order valence-electron chi connectivity index (χ3n) is 4.56. The number of carbonyl (C=O) groups is 2. The van der Waals surface area contributed by atoms with Crippen LogP contribution in [0.25, 0.3) is 0 Å². The average Bonchev–Trinajstić information content (AvgIpc) is 2.79. The molecule has 0 aliphatic heterocycles. The summed E-state index contributed by atoms with van der Waals surface area (Å²) in [6.07, 6.45) is 0. The van der Waals surface area contributed by atoms with E-state index in [-0.39, 0.29) is 5.91 Å². The summed E-state index contributed by atoms with van der Waals surface area (Å²) in [6, 6.07) is 19.7. The highest BCUT2D eigenvalue weighted by Gasteiger charge is 2.19. The molecule has 1 amide bonds. The normalized spacial score (nSPS) is 10.1. The number of amides is 1. The Bertz CT molecular complexity index is 1190. The van der Waals surface area contributed by atoms with E-state index >= 15 is 0 Å². The van der Waals surface area contributed by atoms with Gasteiger partial charge in [0.25, 0.3) is 5.91 Å². The summed E-state index contributed by atoms with van der Waals surface area (Å²) < 4.78 is 5.35. The van der Waals surface area contributed by atoms with Crippen LogP contribution >= 0.6 is 15.9 Å². The molecule has 31 heavy (non-hydrogen) atoms. The molecule has 0 aliphatic rings. The zero-order valence-corrected chi connectivity index (χ0v) is 18.9. The topological polar surface area (TPSA) is 55.8 Å². The molecule has 0 atom stereocenters. The fraction of sp³-hybridized carbons (Fsp3) is 0.120. The van der Waals surface area contributed by atoms with Crippen molar-refractivity contribution in [3.63, 3.8) is 0 Å². The van der Waals surface area contributed by atoms with Crippen molar-refractivity contribution in [1.82, 2.24) is 0 Å². The maximum atomic E-state index is 13.1. The van der Waals surface area contributed by atoms with Gasteiger partial charge in [0.1, 0.15) is 0 Å². The highest BCUT2D eigenvalue weighted by atomic mass is 79.9. The summed E-state index contributed by atoms with van der Waals surface area (Å²) >= 11 is 3.41. The minimum absolute atomic E-state index is 0.297. The molecule has 0 bridgehead atoms. The first-order chi connectivity index (χ1) is 15.0. The van der Waals surface area contributed by atoms with E-state index in [2.05, 4.69) is 27.8 Å². The standard InChI is InChI=1S/C25H20BrNO4/c1-17-8-4-5-13-22(17)27(31-3)24(28)20-11-6-9-18(16-20)14-15-19-10-7-12-21(23(19)26)25(29)30-2/h4-13,16H,1-3H3. The van der Waals surface area contributed by atoms with Crippen molar-refractivity contribution >= 4 is 33.5 Å². The lowest BCUT2D eigenvalue weighted by Crippen LogP contribution is -2.30. The van der Waals surface area contributed by atoms with Gasteiger partial charge in [0.15, 0.2) is 0 Å². The van der Waals surface area contributed by atoms with E-state index in [0.29, 0.717) is 32.4 Å². The summed E-state index contributed by atoms with van der Waals surface area (Å²) in [6.45, 7) is 1.91. The molecule has 0 fully saturated rings. The van der Waals surface area contributed by atoms with Crippen LogP contribution in [0.5, 0.6) is 0 Å². The second kappa shape index (κ2) is 10.1. The van der Waals surface area contributed by atoms with Gasteiger partial charge in [0.05, 0.1) is 25.5 Å². The number of methoxy groups -OCH3 is 1. The molecule has 3 aromatic carbocycles. The van der Waals surface area contributed by atoms with Gasteiger partial charge >= 0.3 is 5.97 Å². The lowest BCUT2D eigenvalue weighted by molar-refractivity contribution is 0.0599. The molecule has 0 spiro atoms. The van der Waals surface area contributed by atoms with Crippen LogP contribution in [0.15, 0.2) is 71.2 Å². The van der Waals surface area contributed by atoms with Gasteiger partial charge in [0, 0.05) is 21.2 Å². The molecule has 0 radical (unpaired) electrons. The zero-order valence-electron chi connectivity index (χ0n) is 17.3. The van der Waals surface area contributed by atoms with E-state index in [1.165, 1.54) is 19.3 Å². The third kappa shape index (κ3) is 5.02. The largest absolute Gasteiger partial charge is 0.465 e. The molecule has 5 nitrogen and oxygen atoms in total. The van der Waals surface area contributed by atoms with Gasteiger partial charge in [-0.15, -0.1) is 0 Å². The van der Waals surface area contributed by atoms with Gasteiger partial charge in [-0.05, 0) is 64.8 Å². The Morgan fingerprint density at radius 1 is 0.935 bits per heavy atom. The quantitative estimate of drug-likeness (QED) is 0.296. The Kier molecular flexibility index (Phi) is 7.24. The Balaban J connectivity index is 1.91. The number of hydrogen-bond acceptors (Lipinski definition) is 4. The number of anilines is 1. The highest BCUT2D eigenvalue weighted by Crippen LogP contribution is 2.23. The average molecular weight is 478 g/mol. The number of nitrogens with zero attached hydrogens (tertiary/aromatic N) is 1. The molecule has 0 unspecified atom stereocenters. The lowest BCUT2D eigenvalue weighted by Gasteiger charge is -2.21. The van der Waals surface area contributed by atoms with Crippen LogP contribution in [0.2, 0.25) is 0 Å². The number of esters is 1. The van der Waals surface area contributed by atoms with Crippen molar-refractivity contribution in [3.8, 4) is 11.8 Å². The van der Waals surface area contributed by atoms with E-state index in [1.807, 2.05) is 37.3 Å². The highest BCUT2D eigenvalue weighted by molar-refractivity contribution is 9.10. The molecular weight excluding hydrogens is 458 g/mol.